The Morgan fingerprint density at radius 2 is 1.97 bits per heavy atom. The number of carbonyl (C=O) groups is 1. The number of amidine groups is 1. The second-order valence-corrected chi connectivity index (χ2v) is 10.3. The third-order valence-electron chi connectivity index (χ3n) is 6.92. The van der Waals surface area contributed by atoms with Gasteiger partial charge in [-0.1, -0.05) is 19.1 Å². The van der Waals surface area contributed by atoms with Gasteiger partial charge in [-0.05, 0) is 55.1 Å². The van der Waals surface area contributed by atoms with Crippen LogP contribution in [0, 0.1) is 0 Å². The lowest BCUT2D eigenvalue weighted by atomic mass is 9.94. The molecular formula is C28H33N5O3S. The van der Waals surface area contributed by atoms with E-state index in [1.54, 1.807) is 25.6 Å². The van der Waals surface area contributed by atoms with Crippen molar-refractivity contribution in [2.24, 2.45) is 4.99 Å². The molecular weight excluding hydrogens is 486 g/mol. The monoisotopic (exact) mass is 519 g/mol. The molecule has 3 heterocycles. The Balaban J connectivity index is 1.47. The molecule has 8 nitrogen and oxygen atoms in total. The van der Waals surface area contributed by atoms with Gasteiger partial charge in [0, 0.05) is 41.8 Å². The van der Waals surface area contributed by atoms with E-state index in [0.717, 1.165) is 56.0 Å². The van der Waals surface area contributed by atoms with Crippen LogP contribution in [0.15, 0.2) is 53.0 Å². The summed E-state index contributed by atoms with van der Waals surface area (Å²) in [7, 11) is 3.24. The van der Waals surface area contributed by atoms with Gasteiger partial charge in [-0.15, -0.1) is 11.3 Å². The van der Waals surface area contributed by atoms with Crippen molar-refractivity contribution >= 4 is 28.8 Å². The van der Waals surface area contributed by atoms with Crippen LogP contribution in [0.1, 0.15) is 58.2 Å². The van der Waals surface area contributed by atoms with Crippen molar-refractivity contribution in [2.45, 2.75) is 31.7 Å². The molecule has 2 aromatic carbocycles. The van der Waals surface area contributed by atoms with E-state index in [0.29, 0.717) is 22.9 Å². The molecule has 2 unspecified atom stereocenters. The van der Waals surface area contributed by atoms with Gasteiger partial charge in [0.2, 0.25) is 0 Å². The molecule has 2 aliphatic rings. The summed E-state index contributed by atoms with van der Waals surface area (Å²) in [5.41, 5.74) is 5.34. The van der Waals surface area contributed by atoms with Crippen LogP contribution >= 0.6 is 11.3 Å². The van der Waals surface area contributed by atoms with Gasteiger partial charge in [0.05, 0.1) is 25.8 Å². The summed E-state index contributed by atoms with van der Waals surface area (Å²) in [6, 6.07) is 13.6. The highest BCUT2D eigenvalue weighted by Gasteiger charge is 2.28. The van der Waals surface area contributed by atoms with Crippen LogP contribution in [-0.4, -0.2) is 62.0 Å². The highest BCUT2D eigenvalue weighted by Crippen LogP contribution is 2.38. The molecule has 1 aromatic heterocycles. The molecule has 3 aromatic rings. The maximum absolute atomic E-state index is 13.3. The minimum Gasteiger partial charge on any atom is -0.493 e. The van der Waals surface area contributed by atoms with E-state index >= 15 is 0 Å². The lowest BCUT2D eigenvalue weighted by Gasteiger charge is -2.21. The van der Waals surface area contributed by atoms with Gasteiger partial charge in [0.15, 0.2) is 17.3 Å². The van der Waals surface area contributed by atoms with Gasteiger partial charge in [0.1, 0.15) is 5.69 Å². The van der Waals surface area contributed by atoms with Crippen LogP contribution in [0.2, 0.25) is 0 Å². The molecule has 5 rings (SSSR count). The smallest absolute Gasteiger partial charge is 0.253 e. The molecule has 0 saturated carbocycles. The largest absolute Gasteiger partial charge is 0.493 e. The van der Waals surface area contributed by atoms with Crippen molar-refractivity contribution in [3.63, 3.8) is 0 Å². The number of ether oxygens (including phenoxy) is 2. The zero-order chi connectivity index (χ0) is 25.8. The van der Waals surface area contributed by atoms with E-state index in [-0.39, 0.29) is 17.9 Å². The zero-order valence-corrected chi connectivity index (χ0v) is 22.3. The lowest BCUT2D eigenvalue weighted by molar-refractivity contribution is 0.0766. The molecule has 1 saturated heterocycles. The molecule has 2 atom stereocenters. The Morgan fingerprint density at radius 1 is 1.11 bits per heavy atom. The van der Waals surface area contributed by atoms with Crippen LogP contribution in [0.3, 0.4) is 0 Å². The summed E-state index contributed by atoms with van der Waals surface area (Å²) >= 11 is 1.66. The lowest BCUT2D eigenvalue weighted by Crippen LogP contribution is -2.34. The number of amides is 1. The summed E-state index contributed by atoms with van der Waals surface area (Å²) in [5, 5.41) is 6.85. The molecule has 0 bridgehead atoms. The van der Waals surface area contributed by atoms with Crippen LogP contribution in [0.25, 0.3) is 0 Å². The topological polar surface area (TPSA) is 88.1 Å². The molecule has 2 aliphatic heterocycles. The Morgan fingerprint density at radius 3 is 2.81 bits per heavy atom. The van der Waals surface area contributed by atoms with Crippen molar-refractivity contribution in [1.29, 1.82) is 0 Å². The van der Waals surface area contributed by atoms with Gasteiger partial charge >= 0.3 is 0 Å². The number of carbonyl (C=O) groups excluding carboxylic acids is 1. The number of rotatable bonds is 5. The van der Waals surface area contributed by atoms with Gasteiger partial charge in [-0.3, -0.25) is 9.79 Å². The highest BCUT2D eigenvalue weighted by atomic mass is 32.1. The zero-order valence-electron chi connectivity index (χ0n) is 21.5. The van der Waals surface area contributed by atoms with Crippen LogP contribution in [0.4, 0.5) is 5.69 Å². The summed E-state index contributed by atoms with van der Waals surface area (Å²) in [5.74, 6) is 2.38. The summed E-state index contributed by atoms with van der Waals surface area (Å²) in [6.45, 7) is 5.51. The van der Waals surface area contributed by atoms with Crippen molar-refractivity contribution in [2.75, 3.05) is 45.7 Å². The fraction of sp³-hybridized carbons (Fsp3) is 0.393. The SMILES string of the molecule is COc1ccc(NC2=NC(c3cccc(C(=O)N4CCCNCC4)c3)CC(C)c3scnc32)cc1OC. The Bertz CT molecular complexity index is 1280. The first-order chi connectivity index (χ1) is 18.1. The van der Waals surface area contributed by atoms with Crippen LogP contribution < -0.4 is 20.1 Å². The summed E-state index contributed by atoms with van der Waals surface area (Å²) in [6.07, 6.45) is 1.80. The fourth-order valence-electron chi connectivity index (χ4n) is 4.96. The molecule has 2 N–H and O–H groups in total. The predicted molar refractivity (Wildman–Crippen MR) is 147 cm³/mol. The average molecular weight is 520 g/mol. The minimum atomic E-state index is -0.113. The number of methoxy groups -OCH3 is 2. The van der Waals surface area contributed by atoms with Crippen molar-refractivity contribution in [3.05, 3.63) is 69.7 Å². The van der Waals surface area contributed by atoms with Crippen molar-refractivity contribution < 1.29 is 14.3 Å². The highest BCUT2D eigenvalue weighted by molar-refractivity contribution is 7.10. The molecule has 0 aliphatic carbocycles. The molecule has 0 radical (unpaired) electrons. The normalized spacial score (nSPS) is 19.8. The molecule has 1 fully saturated rings. The molecule has 194 valence electrons. The summed E-state index contributed by atoms with van der Waals surface area (Å²) < 4.78 is 10.9. The number of aliphatic imine (C=N–C) groups is 1. The Labute approximate surface area is 221 Å². The fourth-order valence-corrected chi connectivity index (χ4v) is 5.82. The van der Waals surface area contributed by atoms with Gasteiger partial charge < -0.3 is 25.0 Å². The average Bonchev–Trinajstić information content (AvgIpc) is 3.20. The first kappa shape index (κ1) is 25.2. The van der Waals surface area contributed by atoms with Crippen LogP contribution in [0.5, 0.6) is 11.5 Å². The third kappa shape index (κ3) is 5.47. The van der Waals surface area contributed by atoms with Crippen LogP contribution in [-0.2, 0) is 0 Å². The van der Waals surface area contributed by atoms with Gasteiger partial charge in [0.25, 0.3) is 5.91 Å². The number of hydrogen-bond acceptors (Lipinski definition) is 8. The Hall–Kier alpha value is -3.43. The van der Waals surface area contributed by atoms with E-state index in [4.69, 9.17) is 14.5 Å². The van der Waals surface area contributed by atoms with E-state index in [2.05, 4.69) is 28.6 Å². The van der Waals surface area contributed by atoms with E-state index in [9.17, 15) is 4.79 Å². The Kier molecular flexibility index (Phi) is 7.71. The minimum absolute atomic E-state index is 0.0839. The van der Waals surface area contributed by atoms with Gasteiger partial charge in [-0.25, -0.2) is 4.98 Å². The molecule has 9 heteroatoms. The number of nitrogens with zero attached hydrogens (tertiary/aromatic N) is 3. The second kappa shape index (κ2) is 11.3. The first-order valence-corrected chi connectivity index (χ1v) is 13.6. The van der Waals surface area contributed by atoms with Crippen molar-refractivity contribution in [1.82, 2.24) is 15.2 Å². The third-order valence-corrected chi connectivity index (χ3v) is 7.98. The quantitative estimate of drug-likeness (QED) is 0.508. The van der Waals surface area contributed by atoms with E-state index in [1.807, 2.05) is 46.8 Å². The predicted octanol–water partition coefficient (Wildman–Crippen LogP) is 4.70. The molecule has 37 heavy (non-hydrogen) atoms. The van der Waals surface area contributed by atoms with E-state index in [1.165, 1.54) is 4.88 Å². The maximum Gasteiger partial charge on any atom is 0.253 e. The maximum atomic E-state index is 13.3. The number of anilines is 1. The second-order valence-electron chi connectivity index (χ2n) is 9.41. The number of benzene rings is 2. The number of thiazole rings is 1. The summed E-state index contributed by atoms with van der Waals surface area (Å²) in [4.78, 5) is 26.3. The van der Waals surface area contributed by atoms with Crippen molar-refractivity contribution in [3.8, 4) is 11.5 Å². The number of aromatic nitrogens is 1. The van der Waals surface area contributed by atoms with Gasteiger partial charge in [-0.2, -0.15) is 0 Å². The number of nitrogens with one attached hydrogen (secondary N) is 2. The number of fused-ring (bicyclic) bond motifs is 1. The molecule has 1 amide bonds. The first-order valence-electron chi connectivity index (χ1n) is 12.7. The van der Waals surface area contributed by atoms with E-state index < -0.39 is 0 Å². The molecule has 0 spiro atoms. The standard InChI is InChI=1S/C28H33N5O3S/c1-18-14-22(19-6-4-7-20(15-19)28(34)33-12-5-10-29-11-13-33)32-27(25-26(18)37-17-30-25)31-21-8-9-23(35-2)24(16-21)36-3/h4,6-9,15-18,22,29H,5,10-14H2,1-3H3,(H,31,32). The number of hydrogen-bond donors (Lipinski definition) is 2.